The van der Waals surface area contributed by atoms with Crippen LogP contribution < -0.4 is 16.2 Å². The quantitative estimate of drug-likeness (QED) is 0.643. The van der Waals surface area contributed by atoms with Crippen molar-refractivity contribution in [2.45, 2.75) is 20.0 Å². The summed E-state index contributed by atoms with van der Waals surface area (Å²) >= 11 is 12.4. The van der Waals surface area contributed by atoms with Crippen LogP contribution in [0.1, 0.15) is 23.0 Å². The Morgan fingerprint density at radius 1 is 1.11 bits per heavy atom. The number of nitrogens with zero attached hydrogens (tertiary/aromatic N) is 3. The summed E-state index contributed by atoms with van der Waals surface area (Å²) in [6, 6.07) is 14.7. The van der Waals surface area contributed by atoms with Crippen LogP contribution in [0.2, 0.25) is 10.0 Å². The molecule has 2 aromatic carbocycles. The summed E-state index contributed by atoms with van der Waals surface area (Å²) in [4.78, 5) is 21.8. The van der Waals surface area contributed by atoms with Gasteiger partial charge in [0.15, 0.2) is 6.17 Å². The molecule has 28 heavy (non-hydrogen) atoms. The zero-order chi connectivity index (χ0) is 19.8. The van der Waals surface area contributed by atoms with Crippen molar-refractivity contribution < 1.29 is 0 Å². The van der Waals surface area contributed by atoms with Crippen molar-refractivity contribution in [3.05, 3.63) is 85.8 Å². The van der Waals surface area contributed by atoms with Gasteiger partial charge >= 0.3 is 0 Å². The lowest BCUT2D eigenvalue weighted by molar-refractivity contribution is 0.577. The molecule has 0 aliphatic carbocycles. The highest BCUT2D eigenvalue weighted by molar-refractivity contribution is 6.44. The first-order valence-corrected chi connectivity index (χ1v) is 9.40. The first kappa shape index (κ1) is 18.5. The third kappa shape index (κ3) is 3.48. The molecule has 0 amide bonds. The highest BCUT2D eigenvalue weighted by atomic mass is 35.5. The number of aryl methyl sites for hydroxylation is 2. The summed E-state index contributed by atoms with van der Waals surface area (Å²) < 4.78 is 1.53. The molecule has 6 nitrogen and oxygen atoms in total. The molecule has 4 rings (SSSR count). The van der Waals surface area contributed by atoms with Gasteiger partial charge in [-0.05, 0) is 31.5 Å². The fraction of sp³-hybridized carbons (Fsp3) is 0.150. The summed E-state index contributed by atoms with van der Waals surface area (Å²) in [6.07, 6.45) is -0.557. The van der Waals surface area contributed by atoms with Crippen molar-refractivity contribution in [1.82, 2.24) is 9.55 Å². The maximum atomic E-state index is 12.7. The molecule has 2 heterocycles. The Morgan fingerprint density at radius 3 is 2.61 bits per heavy atom. The molecule has 1 aromatic heterocycles. The molecule has 0 fully saturated rings. The monoisotopic (exact) mass is 413 g/mol. The predicted octanol–water partition coefficient (Wildman–Crippen LogP) is 4.61. The normalized spacial score (nSPS) is 15.4. The fourth-order valence-corrected chi connectivity index (χ4v) is 3.35. The van der Waals surface area contributed by atoms with E-state index >= 15 is 0 Å². The Hall–Kier alpha value is -2.83. The topological polar surface area (TPSA) is 71.3 Å². The van der Waals surface area contributed by atoms with Crippen LogP contribution in [0.5, 0.6) is 0 Å². The third-order valence-corrected chi connectivity index (χ3v) is 5.21. The van der Waals surface area contributed by atoms with Crippen LogP contribution in [0.4, 0.5) is 11.6 Å². The minimum atomic E-state index is -0.557. The number of nitrogens with one attached hydrogen (secondary N) is 2. The number of guanidine groups is 1. The third-order valence-electron chi connectivity index (χ3n) is 4.39. The van der Waals surface area contributed by atoms with E-state index in [1.54, 1.807) is 25.1 Å². The van der Waals surface area contributed by atoms with Gasteiger partial charge in [-0.2, -0.15) is 0 Å². The average molecular weight is 414 g/mol. The molecular weight excluding hydrogens is 397 g/mol. The minimum Gasteiger partial charge on any atom is -0.325 e. The smallest absolute Gasteiger partial charge is 0.257 e. The number of anilines is 2. The van der Waals surface area contributed by atoms with Crippen molar-refractivity contribution in [2.75, 3.05) is 10.6 Å². The zero-order valence-corrected chi connectivity index (χ0v) is 16.7. The van der Waals surface area contributed by atoms with Gasteiger partial charge in [0, 0.05) is 11.8 Å². The van der Waals surface area contributed by atoms with E-state index < -0.39 is 6.17 Å². The van der Waals surface area contributed by atoms with Gasteiger partial charge in [-0.25, -0.2) is 9.98 Å². The molecule has 2 N–H and O–H groups in total. The van der Waals surface area contributed by atoms with Gasteiger partial charge in [-0.15, -0.1) is 0 Å². The SMILES string of the molecule is Cc1ccc([C@H]2N=C(Nc3cccc(Cl)c3Cl)Nc3nc(C)cc(=O)n32)cc1. The maximum absolute atomic E-state index is 12.7. The van der Waals surface area contributed by atoms with Crippen LogP contribution in [0.3, 0.4) is 0 Å². The van der Waals surface area contributed by atoms with E-state index in [0.717, 1.165) is 11.1 Å². The average Bonchev–Trinajstić information content (AvgIpc) is 2.65. The molecule has 1 aliphatic rings. The van der Waals surface area contributed by atoms with Gasteiger partial charge < -0.3 is 5.32 Å². The molecular formula is C20H17Cl2N5O. The van der Waals surface area contributed by atoms with Crippen LogP contribution in [0.25, 0.3) is 0 Å². The Morgan fingerprint density at radius 2 is 1.86 bits per heavy atom. The molecule has 3 aromatic rings. The van der Waals surface area contributed by atoms with Crippen LogP contribution >= 0.6 is 23.2 Å². The largest absolute Gasteiger partial charge is 0.325 e. The standard InChI is InChI=1S/C20H17Cl2N5O/c1-11-6-8-13(9-7-11)18-25-19(24-15-5-3-4-14(21)17(15)22)26-20-23-12(2)10-16(28)27(18)20/h3-10,18H,1-2H3,(H2,23,24,25,26)/t18-/m0/s1. The fourth-order valence-electron chi connectivity index (χ4n) is 3.00. The van der Waals surface area contributed by atoms with E-state index in [0.29, 0.717) is 33.3 Å². The van der Waals surface area contributed by atoms with Gasteiger partial charge in [0.2, 0.25) is 11.9 Å². The minimum absolute atomic E-state index is 0.177. The number of hydrogen-bond donors (Lipinski definition) is 2. The molecule has 142 valence electrons. The number of aliphatic imine (C=N–C) groups is 1. The van der Waals surface area contributed by atoms with Crippen molar-refractivity contribution in [2.24, 2.45) is 4.99 Å². The van der Waals surface area contributed by atoms with Crippen molar-refractivity contribution in [3.8, 4) is 0 Å². The lowest BCUT2D eigenvalue weighted by Gasteiger charge is -2.27. The summed E-state index contributed by atoms with van der Waals surface area (Å²) in [5.74, 6) is 0.832. The van der Waals surface area contributed by atoms with Crippen molar-refractivity contribution in [1.29, 1.82) is 0 Å². The number of aromatic nitrogens is 2. The summed E-state index contributed by atoms with van der Waals surface area (Å²) in [5, 5.41) is 7.05. The van der Waals surface area contributed by atoms with Crippen LogP contribution in [0, 0.1) is 13.8 Å². The number of benzene rings is 2. The highest BCUT2D eigenvalue weighted by Crippen LogP contribution is 2.31. The molecule has 8 heteroatoms. The van der Waals surface area contributed by atoms with E-state index in [2.05, 4.69) is 15.6 Å². The number of fused-ring (bicyclic) bond motifs is 1. The lowest BCUT2D eigenvalue weighted by Crippen LogP contribution is -2.37. The Balaban J connectivity index is 1.81. The van der Waals surface area contributed by atoms with E-state index in [-0.39, 0.29) is 5.56 Å². The first-order chi connectivity index (χ1) is 13.4. The van der Waals surface area contributed by atoms with Crippen LogP contribution in [-0.2, 0) is 0 Å². The maximum Gasteiger partial charge on any atom is 0.257 e. The van der Waals surface area contributed by atoms with Gasteiger partial charge in [-0.3, -0.25) is 14.7 Å². The molecule has 1 atom stereocenters. The van der Waals surface area contributed by atoms with E-state index in [4.69, 9.17) is 28.2 Å². The molecule has 0 unspecified atom stereocenters. The van der Waals surface area contributed by atoms with E-state index in [1.165, 1.54) is 10.6 Å². The van der Waals surface area contributed by atoms with Gasteiger partial charge in [0.05, 0.1) is 15.7 Å². The molecule has 0 saturated carbocycles. The second-order valence-electron chi connectivity index (χ2n) is 6.54. The number of rotatable bonds is 2. The summed E-state index contributed by atoms with van der Waals surface area (Å²) in [5.41, 5.74) is 3.04. The number of halogens is 2. The molecule has 0 spiro atoms. The predicted molar refractivity (Wildman–Crippen MR) is 114 cm³/mol. The lowest BCUT2D eigenvalue weighted by atomic mass is 10.1. The van der Waals surface area contributed by atoms with Gasteiger partial charge in [-0.1, -0.05) is 59.1 Å². The zero-order valence-electron chi connectivity index (χ0n) is 15.2. The first-order valence-electron chi connectivity index (χ1n) is 8.65. The molecule has 1 aliphatic heterocycles. The van der Waals surface area contributed by atoms with Crippen molar-refractivity contribution in [3.63, 3.8) is 0 Å². The van der Waals surface area contributed by atoms with E-state index in [9.17, 15) is 4.79 Å². The van der Waals surface area contributed by atoms with Crippen LogP contribution in [-0.4, -0.2) is 15.5 Å². The molecule has 0 radical (unpaired) electrons. The summed E-state index contributed by atoms with van der Waals surface area (Å²) in [6.45, 7) is 3.78. The van der Waals surface area contributed by atoms with Gasteiger partial charge in [0.25, 0.3) is 5.56 Å². The number of hydrogen-bond acceptors (Lipinski definition) is 5. The van der Waals surface area contributed by atoms with Crippen molar-refractivity contribution >= 4 is 40.8 Å². The molecule has 0 saturated heterocycles. The van der Waals surface area contributed by atoms with Crippen LogP contribution in [0.15, 0.2) is 58.3 Å². The Kier molecular flexibility index (Phi) is 4.83. The summed E-state index contributed by atoms with van der Waals surface area (Å²) in [7, 11) is 0. The Labute approximate surface area is 171 Å². The molecule has 0 bridgehead atoms. The highest BCUT2D eigenvalue weighted by Gasteiger charge is 2.25. The van der Waals surface area contributed by atoms with E-state index in [1.807, 2.05) is 31.2 Å². The second-order valence-corrected chi connectivity index (χ2v) is 7.33. The second kappa shape index (κ2) is 7.30. The van der Waals surface area contributed by atoms with Gasteiger partial charge in [0.1, 0.15) is 0 Å². The Bertz CT molecular complexity index is 1140.